The molecule has 142 valence electrons. The molecule has 0 aliphatic rings. The summed E-state index contributed by atoms with van der Waals surface area (Å²) in [5.74, 6) is 0.106. The lowest BCUT2D eigenvalue weighted by atomic mass is 10.2. The monoisotopic (exact) mass is 402 g/mol. The van der Waals surface area contributed by atoms with Gasteiger partial charge in [0.15, 0.2) is 5.75 Å². The van der Waals surface area contributed by atoms with E-state index in [4.69, 9.17) is 16.3 Å². The van der Waals surface area contributed by atoms with E-state index in [1.807, 2.05) is 18.2 Å². The number of rotatable bonds is 5. The maximum atomic E-state index is 12.4. The van der Waals surface area contributed by atoms with Gasteiger partial charge in [-0.25, -0.2) is 4.98 Å². The van der Waals surface area contributed by atoms with Crippen molar-refractivity contribution in [3.8, 4) is 23.0 Å². The highest BCUT2D eigenvalue weighted by molar-refractivity contribution is 6.32. The second-order valence-electron chi connectivity index (χ2n) is 6.03. The van der Waals surface area contributed by atoms with Crippen molar-refractivity contribution >= 4 is 23.2 Å². The fourth-order valence-corrected chi connectivity index (χ4v) is 2.77. The standard InChI is InChI=1S/C22H15ClN4O2/c23-18-9-8-17(26-21(28)15-5-2-1-3-6-15)13-20(18)29-22-25-12-10-19(27-22)16-7-4-11-24-14-16/h1-14H,(H,26,28). The van der Waals surface area contributed by atoms with Crippen LogP contribution in [0.3, 0.4) is 0 Å². The van der Waals surface area contributed by atoms with Gasteiger partial charge in [-0.3, -0.25) is 9.78 Å². The lowest BCUT2D eigenvalue weighted by Crippen LogP contribution is -2.11. The minimum atomic E-state index is -0.228. The van der Waals surface area contributed by atoms with Crippen molar-refractivity contribution in [2.24, 2.45) is 0 Å². The molecule has 0 saturated carbocycles. The van der Waals surface area contributed by atoms with Crippen molar-refractivity contribution in [2.45, 2.75) is 0 Å². The lowest BCUT2D eigenvalue weighted by molar-refractivity contribution is 0.102. The second kappa shape index (κ2) is 8.50. The summed E-state index contributed by atoms with van der Waals surface area (Å²) in [5, 5.41) is 3.20. The highest BCUT2D eigenvalue weighted by Gasteiger charge is 2.11. The Labute approximate surface area is 172 Å². The zero-order valence-corrected chi connectivity index (χ0v) is 15.9. The molecule has 4 aromatic rings. The van der Waals surface area contributed by atoms with Gasteiger partial charge in [0.2, 0.25) is 0 Å². The summed E-state index contributed by atoms with van der Waals surface area (Å²) in [6.07, 6.45) is 5.00. The molecule has 7 heteroatoms. The Hall–Kier alpha value is -3.77. The molecule has 29 heavy (non-hydrogen) atoms. The third kappa shape index (κ3) is 4.56. The molecule has 0 aliphatic heterocycles. The molecule has 0 radical (unpaired) electrons. The quantitative estimate of drug-likeness (QED) is 0.494. The zero-order valence-electron chi connectivity index (χ0n) is 15.1. The number of hydrogen-bond donors (Lipinski definition) is 1. The number of hydrogen-bond acceptors (Lipinski definition) is 5. The SMILES string of the molecule is O=C(Nc1ccc(Cl)c(Oc2nccc(-c3cccnc3)n2)c1)c1ccccc1. The summed E-state index contributed by atoms with van der Waals surface area (Å²) in [5.41, 5.74) is 2.61. The van der Waals surface area contributed by atoms with Crippen LogP contribution in [0.5, 0.6) is 11.8 Å². The van der Waals surface area contributed by atoms with E-state index in [0.717, 1.165) is 5.56 Å². The largest absolute Gasteiger partial charge is 0.423 e. The predicted octanol–water partition coefficient (Wildman–Crippen LogP) is 5.24. The van der Waals surface area contributed by atoms with Crippen molar-refractivity contribution in [3.05, 3.63) is 95.9 Å². The second-order valence-corrected chi connectivity index (χ2v) is 6.44. The van der Waals surface area contributed by atoms with Crippen LogP contribution in [0.25, 0.3) is 11.3 Å². The topological polar surface area (TPSA) is 77.0 Å². The van der Waals surface area contributed by atoms with Gasteiger partial charge in [-0.05, 0) is 42.5 Å². The van der Waals surface area contributed by atoms with Crippen molar-refractivity contribution < 1.29 is 9.53 Å². The number of carbonyl (C=O) groups is 1. The first-order chi connectivity index (χ1) is 14.2. The Bertz CT molecular complexity index is 1140. The van der Waals surface area contributed by atoms with Crippen LogP contribution in [0.15, 0.2) is 85.3 Å². The first-order valence-electron chi connectivity index (χ1n) is 8.76. The number of nitrogens with one attached hydrogen (secondary N) is 1. The number of benzene rings is 2. The Morgan fingerprint density at radius 2 is 1.83 bits per heavy atom. The highest BCUT2D eigenvalue weighted by atomic mass is 35.5. The van der Waals surface area contributed by atoms with Crippen LogP contribution in [-0.4, -0.2) is 20.9 Å². The summed E-state index contributed by atoms with van der Waals surface area (Å²) in [6, 6.07) is 19.5. The molecule has 1 amide bonds. The molecule has 2 aromatic carbocycles. The Morgan fingerprint density at radius 1 is 0.966 bits per heavy atom. The molecule has 0 fully saturated rings. The smallest absolute Gasteiger partial charge is 0.322 e. The highest BCUT2D eigenvalue weighted by Crippen LogP contribution is 2.31. The maximum absolute atomic E-state index is 12.4. The van der Waals surface area contributed by atoms with Gasteiger partial charge in [-0.2, -0.15) is 4.98 Å². The number of carbonyl (C=O) groups excluding carboxylic acids is 1. The number of pyridine rings is 1. The van der Waals surface area contributed by atoms with E-state index < -0.39 is 0 Å². The van der Waals surface area contributed by atoms with Crippen LogP contribution in [0.4, 0.5) is 5.69 Å². The fourth-order valence-electron chi connectivity index (χ4n) is 2.62. The van der Waals surface area contributed by atoms with Crippen molar-refractivity contribution in [1.82, 2.24) is 15.0 Å². The molecule has 0 bridgehead atoms. The Kier molecular flexibility index (Phi) is 5.45. The molecular formula is C22H15ClN4O2. The van der Waals surface area contributed by atoms with E-state index in [0.29, 0.717) is 27.7 Å². The fraction of sp³-hybridized carbons (Fsp3) is 0. The third-order valence-electron chi connectivity index (χ3n) is 4.02. The van der Waals surface area contributed by atoms with E-state index in [1.54, 1.807) is 67.1 Å². The average Bonchev–Trinajstić information content (AvgIpc) is 2.77. The molecule has 0 unspecified atom stereocenters. The van der Waals surface area contributed by atoms with Crippen LogP contribution in [0.1, 0.15) is 10.4 Å². The van der Waals surface area contributed by atoms with Crippen LogP contribution in [-0.2, 0) is 0 Å². The number of nitrogens with zero attached hydrogens (tertiary/aromatic N) is 3. The van der Waals surface area contributed by atoms with Gasteiger partial charge in [-0.15, -0.1) is 0 Å². The van der Waals surface area contributed by atoms with Gasteiger partial charge in [0, 0.05) is 41.5 Å². The van der Waals surface area contributed by atoms with Crippen molar-refractivity contribution in [2.75, 3.05) is 5.32 Å². The Morgan fingerprint density at radius 3 is 2.62 bits per heavy atom. The molecular weight excluding hydrogens is 388 g/mol. The maximum Gasteiger partial charge on any atom is 0.322 e. The summed E-state index contributed by atoms with van der Waals surface area (Å²) in [6.45, 7) is 0. The van der Waals surface area contributed by atoms with Crippen LogP contribution >= 0.6 is 11.6 Å². The number of halogens is 1. The van der Waals surface area contributed by atoms with Gasteiger partial charge >= 0.3 is 6.01 Å². The molecule has 0 atom stereocenters. The zero-order chi connectivity index (χ0) is 20.1. The van der Waals surface area contributed by atoms with Crippen LogP contribution in [0.2, 0.25) is 5.02 Å². The minimum Gasteiger partial charge on any atom is -0.423 e. The molecule has 2 aromatic heterocycles. The normalized spacial score (nSPS) is 10.4. The molecule has 1 N–H and O–H groups in total. The summed E-state index contributed by atoms with van der Waals surface area (Å²) >= 11 is 6.25. The molecule has 4 rings (SSSR count). The van der Waals surface area contributed by atoms with E-state index in [-0.39, 0.29) is 11.9 Å². The number of ether oxygens (including phenoxy) is 1. The van der Waals surface area contributed by atoms with E-state index in [9.17, 15) is 4.79 Å². The van der Waals surface area contributed by atoms with Crippen molar-refractivity contribution in [1.29, 1.82) is 0 Å². The first-order valence-corrected chi connectivity index (χ1v) is 9.14. The van der Waals surface area contributed by atoms with Crippen molar-refractivity contribution in [3.63, 3.8) is 0 Å². The summed E-state index contributed by atoms with van der Waals surface area (Å²) in [4.78, 5) is 25.0. The Balaban J connectivity index is 1.55. The van der Waals surface area contributed by atoms with E-state index in [1.165, 1.54) is 0 Å². The molecule has 0 aliphatic carbocycles. The summed E-state index contributed by atoms with van der Waals surface area (Å²) < 4.78 is 5.77. The lowest BCUT2D eigenvalue weighted by Gasteiger charge is -2.10. The number of aromatic nitrogens is 3. The van der Waals surface area contributed by atoms with Gasteiger partial charge in [0.1, 0.15) is 0 Å². The number of anilines is 1. The van der Waals surface area contributed by atoms with Gasteiger partial charge in [0.25, 0.3) is 5.91 Å². The van der Waals surface area contributed by atoms with Gasteiger partial charge < -0.3 is 10.1 Å². The molecule has 2 heterocycles. The molecule has 0 spiro atoms. The van der Waals surface area contributed by atoms with Crippen LogP contribution < -0.4 is 10.1 Å². The van der Waals surface area contributed by atoms with Crippen LogP contribution in [0, 0.1) is 0 Å². The van der Waals surface area contributed by atoms with E-state index in [2.05, 4.69) is 20.3 Å². The molecule has 0 saturated heterocycles. The average molecular weight is 403 g/mol. The number of amides is 1. The van der Waals surface area contributed by atoms with Gasteiger partial charge in [0.05, 0.1) is 10.7 Å². The summed E-state index contributed by atoms with van der Waals surface area (Å²) in [7, 11) is 0. The third-order valence-corrected chi connectivity index (χ3v) is 4.33. The van der Waals surface area contributed by atoms with Gasteiger partial charge in [-0.1, -0.05) is 29.8 Å². The minimum absolute atomic E-state index is 0.139. The first kappa shape index (κ1) is 18.6. The van der Waals surface area contributed by atoms with E-state index >= 15 is 0 Å². The molecule has 6 nitrogen and oxygen atoms in total. The predicted molar refractivity (Wildman–Crippen MR) is 111 cm³/mol.